The molecule has 7 nitrogen and oxygen atoms in total. The van der Waals surface area contributed by atoms with E-state index in [1.54, 1.807) is 11.0 Å². The number of rotatable bonds is 3. The molecule has 0 radical (unpaired) electrons. The number of hydrogen-bond donors (Lipinski definition) is 3. The van der Waals surface area contributed by atoms with E-state index in [1.165, 1.54) is 12.1 Å². The van der Waals surface area contributed by atoms with Crippen molar-refractivity contribution in [2.45, 2.75) is 18.9 Å². The molecule has 1 atom stereocenters. The van der Waals surface area contributed by atoms with Gasteiger partial charge in [0.05, 0.1) is 10.0 Å². The first-order chi connectivity index (χ1) is 12.4. The quantitative estimate of drug-likeness (QED) is 0.734. The lowest BCUT2D eigenvalue weighted by atomic mass is 9.85. The number of aromatic nitrogens is 2. The fraction of sp³-hybridized carbons (Fsp3) is 0.353. The molecule has 0 spiro atoms. The molecular formula is C17H18Cl2N4O3. The van der Waals surface area contributed by atoms with E-state index in [-0.39, 0.29) is 34.2 Å². The summed E-state index contributed by atoms with van der Waals surface area (Å²) in [6.45, 7) is 1.01. The van der Waals surface area contributed by atoms with Gasteiger partial charge in [-0.25, -0.2) is 9.97 Å². The van der Waals surface area contributed by atoms with Crippen molar-refractivity contribution in [1.29, 1.82) is 0 Å². The van der Waals surface area contributed by atoms with Gasteiger partial charge in [0.1, 0.15) is 17.8 Å². The Morgan fingerprint density at radius 1 is 1.15 bits per heavy atom. The minimum atomic E-state index is -0.412. The molecule has 1 aliphatic heterocycles. The second-order valence-electron chi connectivity index (χ2n) is 6.24. The van der Waals surface area contributed by atoms with E-state index in [4.69, 9.17) is 28.9 Å². The molecule has 0 bridgehead atoms. The number of benzene rings is 1. The van der Waals surface area contributed by atoms with Crippen LogP contribution in [0.4, 0.5) is 0 Å². The number of phenols is 1. The Hall–Kier alpha value is -2.09. The van der Waals surface area contributed by atoms with Crippen LogP contribution in [-0.2, 0) is 0 Å². The van der Waals surface area contributed by atoms with Crippen molar-refractivity contribution in [1.82, 2.24) is 14.9 Å². The molecule has 3 rings (SSSR count). The summed E-state index contributed by atoms with van der Waals surface area (Å²) in [5.74, 6) is -0.398. The predicted octanol–water partition coefficient (Wildman–Crippen LogP) is 2.75. The van der Waals surface area contributed by atoms with Gasteiger partial charge in [0.2, 0.25) is 5.88 Å². The topological polar surface area (TPSA) is 113 Å². The van der Waals surface area contributed by atoms with Crippen molar-refractivity contribution in [2.75, 3.05) is 13.1 Å². The van der Waals surface area contributed by atoms with Gasteiger partial charge in [-0.1, -0.05) is 23.2 Å². The van der Waals surface area contributed by atoms with Crippen LogP contribution in [0.15, 0.2) is 24.5 Å². The molecule has 1 amide bonds. The molecule has 9 heteroatoms. The highest BCUT2D eigenvalue weighted by atomic mass is 35.5. The maximum absolute atomic E-state index is 12.5. The second-order valence-corrected chi connectivity index (χ2v) is 7.06. The summed E-state index contributed by atoms with van der Waals surface area (Å²) in [6, 6.07) is 3.81. The first-order valence-corrected chi connectivity index (χ1v) is 8.86. The van der Waals surface area contributed by atoms with Crippen LogP contribution in [0.2, 0.25) is 10.0 Å². The summed E-state index contributed by atoms with van der Waals surface area (Å²) < 4.78 is 0. The molecule has 1 saturated heterocycles. The number of hydrogen-bond acceptors (Lipinski definition) is 6. The second kappa shape index (κ2) is 7.65. The van der Waals surface area contributed by atoms with Crippen LogP contribution in [0.5, 0.6) is 11.6 Å². The van der Waals surface area contributed by atoms with Gasteiger partial charge in [0.25, 0.3) is 5.91 Å². The molecule has 0 unspecified atom stereocenters. The first-order valence-electron chi connectivity index (χ1n) is 8.10. The normalized spacial score (nSPS) is 16.5. The third-order valence-electron chi connectivity index (χ3n) is 4.64. The van der Waals surface area contributed by atoms with Crippen molar-refractivity contribution in [3.05, 3.63) is 45.8 Å². The molecule has 138 valence electrons. The highest BCUT2D eigenvalue weighted by Crippen LogP contribution is 2.37. The zero-order valence-electron chi connectivity index (χ0n) is 13.8. The van der Waals surface area contributed by atoms with E-state index in [2.05, 4.69) is 9.97 Å². The van der Waals surface area contributed by atoms with Crippen molar-refractivity contribution in [3.63, 3.8) is 0 Å². The summed E-state index contributed by atoms with van der Waals surface area (Å²) in [5, 5.41) is 20.1. The van der Waals surface area contributed by atoms with Gasteiger partial charge in [-0.3, -0.25) is 4.79 Å². The first kappa shape index (κ1) is 18.7. The average Bonchev–Trinajstić information content (AvgIpc) is 2.63. The number of carbonyl (C=O) groups is 1. The van der Waals surface area contributed by atoms with Crippen molar-refractivity contribution >= 4 is 29.1 Å². The number of piperidine rings is 1. The Labute approximate surface area is 160 Å². The Morgan fingerprint density at radius 2 is 1.81 bits per heavy atom. The van der Waals surface area contributed by atoms with Crippen LogP contribution >= 0.6 is 23.2 Å². The van der Waals surface area contributed by atoms with Gasteiger partial charge >= 0.3 is 0 Å². The highest BCUT2D eigenvalue weighted by molar-refractivity contribution is 6.42. The number of nitrogens with zero attached hydrogens (tertiary/aromatic N) is 3. The van der Waals surface area contributed by atoms with Crippen LogP contribution in [0, 0.1) is 5.92 Å². The summed E-state index contributed by atoms with van der Waals surface area (Å²) in [6.07, 6.45) is 2.49. The predicted molar refractivity (Wildman–Crippen MR) is 97.4 cm³/mol. The minimum absolute atomic E-state index is 0.0156. The lowest BCUT2D eigenvalue weighted by molar-refractivity contribution is 0.0671. The van der Waals surface area contributed by atoms with Crippen LogP contribution in [0.3, 0.4) is 0 Å². The van der Waals surface area contributed by atoms with Crippen LogP contribution in [0.25, 0.3) is 0 Å². The number of likely N-dealkylation sites (tertiary alicyclic amines) is 1. The molecule has 1 fully saturated rings. The minimum Gasteiger partial charge on any atom is -0.508 e. The van der Waals surface area contributed by atoms with Gasteiger partial charge in [0.15, 0.2) is 0 Å². The van der Waals surface area contributed by atoms with Crippen molar-refractivity contribution in [2.24, 2.45) is 11.7 Å². The number of phenolic OH excluding ortho intramolecular Hbond substituents is 1. The molecule has 0 saturated carbocycles. The fourth-order valence-corrected chi connectivity index (χ4v) is 3.49. The maximum Gasteiger partial charge on any atom is 0.272 e. The third kappa shape index (κ3) is 3.85. The summed E-state index contributed by atoms with van der Waals surface area (Å²) in [4.78, 5) is 21.6. The zero-order chi connectivity index (χ0) is 18.8. The maximum atomic E-state index is 12.5. The van der Waals surface area contributed by atoms with Crippen molar-refractivity contribution < 1.29 is 15.0 Å². The highest BCUT2D eigenvalue weighted by Gasteiger charge is 2.30. The molecule has 4 N–H and O–H groups in total. The molecule has 1 aliphatic rings. The average molecular weight is 397 g/mol. The van der Waals surface area contributed by atoms with E-state index in [0.29, 0.717) is 36.5 Å². The molecule has 0 aliphatic carbocycles. The summed E-state index contributed by atoms with van der Waals surface area (Å²) >= 11 is 11.9. The van der Waals surface area contributed by atoms with E-state index >= 15 is 0 Å². The molecular weight excluding hydrogens is 379 g/mol. The Bertz CT molecular complexity index is 826. The lowest BCUT2D eigenvalue weighted by Gasteiger charge is -2.35. The van der Waals surface area contributed by atoms with Crippen LogP contribution in [0.1, 0.15) is 34.9 Å². The number of nitrogens with two attached hydrogens (primary N) is 1. The molecule has 2 heterocycles. The molecule has 1 aromatic carbocycles. The van der Waals surface area contributed by atoms with E-state index in [0.717, 1.165) is 6.33 Å². The fourth-order valence-electron chi connectivity index (χ4n) is 3.16. The zero-order valence-corrected chi connectivity index (χ0v) is 15.3. The Kier molecular flexibility index (Phi) is 5.50. The largest absolute Gasteiger partial charge is 0.508 e. The molecule has 2 aromatic rings. The van der Waals surface area contributed by atoms with Gasteiger partial charge < -0.3 is 20.8 Å². The number of amides is 1. The molecule has 26 heavy (non-hydrogen) atoms. The van der Waals surface area contributed by atoms with Gasteiger partial charge in [-0.2, -0.15) is 0 Å². The van der Waals surface area contributed by atoms with Crippen LogP contribution in [-0.4, -0.2) is 44.1 Å². The van der Waals surface area contributed by atoms with Gasteiger partial charge in [-0.05, 0) is 24.8 Å². The monoisotopic (exact) mass is 396 g/mol. The number of aromatic hydroxyl groups is 2. The van der Waals surface area contributed by atoms with E-state index in [9.17, 15) is 15.0 Å². The lowest BCUT2D eigenvalue weighted by Crippen LogP contribution is -2.41. The van der Waals surface area contributed by atoms with Gasteiger partial charge in [0, 0.05) is 36.8 Å². The smallest absolute Gasteiger partial charge is 0.272 e. The standard InChI is InChI=1S/C17H18Cl2N4O3/c18-11-5-10(14(24)6-12(11)19)16(20)9-1-3-23(4-2-9)17(26)13-7-15(25)22-8-21-13/h5-9,16,24H,1-4,20H2,(H,21,22,25)/t16-/m1/s1. The van der Waals surface area contributed by atoms with E-state index in [1.807, 2.05) is 0 Å². The Balaban J connectivity index is 1.67. The SMILES string of the molecule is N[C@@H](c1cc(Cl)c(Cl)cc1O)C1CCN(C(=O)c2cc(O)ncn2)CC1. The molecule has 1 aromatic heterocycles. The Morgan fingerprint density at radius 3 is 2.46 bits per heavy atom. The number of halogens is 2. The number of carbonyl (C=O) groups excluding carboxylic acids is 1. The van der Waals surface area contributed by atoms with E-state index < -0.39 is 6.04 Å². The van der Waals surface area contributed by atoms with Crippen molar-refractivity contribution in [3.8, 4) is 11.6 Å². The summed E-state index contributed by atoms with van der Waals surface area (Å²) in [5.41, 5.74) is 7.02. The van der Waals surface area contributed by atoms with Crippen LogP contribution < -0.4 is 5.73 Å². The third-order valence-corrected chi connectivity index (χ3v) is 5.36. The summed E-state index contributed by atoms with van der Waals surface area (Å²) in [7, 11) is 0. The van der Waals surface area contributed by atoms with Gasteiger partial charge in [-0.15, -0.1) is 0 Å².